The number of benzene rings is 1. The standard InChI is InChI=1S/C16H18N6O/c1-10(2)20-16(23)22-6-5-11-3-4-12(7-13(11)22)21-15-8-14(17)18-9-19-15/h3-10H,1-2H3,(H,20,23)(H3,17,18,19,21). The number of anilines is 3. The van der Waals surface area contributed by atoms with Gasteiger partial charge in [-0.05, 0) is 32.0 Å². The summed E-state index contributed by atoms with van der Waals surface area (Å²) in [5, 5.41) is 7.02. The zero-order valence-corrected chi connectivity index (χ0v) is 12.9. The molecule has 0 fully saturated rings. The molecular formula is C16H18N6O. The lowest BCUT2D eigenvalue weighted by molar-refractivity contribution is 0.241. The first-order valence-electron chi connectivity index (χ1n) is 7.29. The van der Waals surface area contributed by atoms with Gasteiger partial charge < -0.3 is 16.4 Å². The van der Waals surface area contributed by atoms with Gasteiger partial charge in [-0.3, -0.25) is 4.57 Å². The smallest absolute Gasteiger partial charge is 0.326 e. The molecule has 4 N–H and O–H groups in total. The van der Waals surface area contributed by atoms with Crippen molar-refractivity contribution in [2.24, 2.45) is 0 Å². The van der Waals surface area contributed by atoms with Crippen molar-refractivity contribution in [3.8, 4) is 0 Å². The Hall–Kier alpha value is -3.09. The molecule has 1 aromatic carbocycles. The van der Waals surface area contributed by atoms with E-state index in [-0.39, 0.29) is 12.1 Å². The van der Waals surface area contributed by atoms with Gasteiger partial charge in [-0.15, -0.1) is 0 Å². The van der Waals surface area contributed by atoms with Crippen molar-refractivity contribution >= 4 is 34.3 Å². The fraction of sp³-hybridized carbons (Fsp3) is 0.188. The van der Waals surface area contributed by atoms with E-state index in [2.05, 4.69) is 20.6 Å². The van der Waals surface area contributed by atoms with Crippen molar-refractivity contribution in [3.05, 3.63) is 42.9 Å². The summed E-state index contributed by atoms with van der Waals surface area (Å²) in [7, 11) is 0. The topological polar surface area (TPSA) is 97.9 Å². The van der Waals surface area contributed by atoms with Crippen molar-refractivity contribution in [3.63, 3.8) is 0 Å². The molecule has 0 unspecified atom stereocenters. The van der Waals surface area contributed by atoms with Gasteiger partial charge in [0.1, 0.15) is 18.0 Å². The number of nitrogens with one attached hydrogen (secondary N) is 2. The van der Waals surface area contributed by atoms with E-state index in [1.165, 1.54) is 6.33 Å². The van der Waals surface area contributed by atoms with Crippen molar-refractivity contribution in [2.45, 2.75) is 19.9 Å². The van der Waals surface area contributed by atoms with Gasteiger partial charge in [0.15, 0.2) is 0 Å². The van der Waals surface area contributed by atoms with Crippen LogP contribution in [-0.2, 0) is 0 Å². The molecule has 0 spiro atoms. The Labute approximate surface area is 133 Å². The summed E-state index contributed by atoms with van der Waals surface area (Å²) in [4.78, 5) is 20.2. The Balaban J connectivity index is 1.93. The maximum Gasteiger partial charge on any atom is 0.326 e. The Morgan fingerprint density at radius 1 is 1.22 bits per heavy atom. The van der Waals surface area contributed by atoms with E-state index < -0.39 is 0 Å². The maximum atomic E-state index is 12.2. The molecule has 0 aliphatic heterocycles. The van der Waals surface area contributed by atoms with Gasteiger partial charge >= 0.3 is 6.03 Å². The first-order valence-corrected chi connectivity index (χ1v) is 7.29. The largest absolute Gasteiger partial charge is 0.384 e. The summed E-state index contributed by atoms with van der Waals surface area (Å²) in [6.45, 7) is 3.85. The summed E-state index contributed by atoms with van der Waals surface area (Å²) >= 11 is 0. The molecule has 118 valence electrons. The molecule has 1 amide bonds. The zero-order chi connectivity index (χ0) is 16.4. The number of nitrogens with zero attached hydrogens (tertiary/aromatic N) is 3. The van der Waals surface area contributed by atoms with Crippen molar-refractivity contribution < 1.29 is 4.79 Å². The van der Waals surface area contributed by atoms with Crippen LogP contribution in [0.1, 0.15) is 13.8 Å². The molecule has 7 nitrogen and oxygen atoms in total. The summed E-state index contributed by atoms with van der Waals surface area (Å²) in [5.41, 5.74) is 7.28. The second kappa shape index (κ2) is 5.96. The number of amides is 1. The molecule has 0 saturated carbocycles. The summed E-state index contributed by atoms with van der Waals surface area (Å²) in [6.07, 6.45) is 3.16. The molecule has 0 atom stereocenters. The molecule has 7 heteroatoms. The summed E-state index contributed by atoms with van der Waals surface area (Å²) in [5.74, 6) is 0.991. The van der Waals surface area contributed by atoms with E-state index in [0.29, 0.717) is 11.6 Å². The fourth-order valence-corrected chi connectivity index (χ4v) is 2.29. The molecule has 0 saturated heterocycles. The highest BCUT2D eigenvalue weighted by atomic mass is 16.2. The summed E-state index contributed by atoms with van der Waals surface area (Å²) in [6, 6.07) is 9.24. The number of hydrogen-bond acceptors (Lipinski definition) is 5. The number of carbonyl (C=O) groups excluding carboxylic acids is 1. The van der Waals surface area contributed by atoms with Gasteiger partial charge in [-0.2, -0.15) is 0 Å². The van der Waals surface area contributed by atoms with Crippen LogP contribution in [0.2, 0.25) is 0 Å². The van der Waals surface area contributed by atoms with Crippen LogP contribution in [0.3, 0.4) is 0 Å². The van der Waals surface area contributed by atoms with E-state index in [9.17, 15) is 4.79 Å². The number of nitrogens with two attached hydrogens (primary N) is 1. The van der Waals surface area contributed by atoms with Gasteiger partial charge in [0.25, 0.3) is 0 Å². The molecule has 3 rings (SSSR count). The minimum Gasteiger partial charge on any atom is -0.384 e. The van der Waals surface area contributed by atoms with Crippen molar-refractivity contribution in [1.29, 1.82) is 0 Å². The molecule has 0 bridgehead atoms. The van der Waals surface area contributed by atoms with Crippen molar-refractivity contribution in [1.82, 2.24) is 19.9 Å². The lowest BCUT2D eigenvalue weighted by Crippen LogP contribution is -2.33. The highest BCUT2D eigenvalue weighted by molar-refractivity contribution is 5.93. The Bertz CT molecular complexity index is 855. The van der Waals surface area contributed by atoms with Crippen LogP contribution in [-0.4, -0.2) is 26.6 Å². The molecule has 3 aromatic rings. The predicted octanol–water partition coefficient (Wildman–Crippen LogP) is 2.72. The first-order chi connectivity index (χ1) is 11.0. The Morgan fingerprint density at radius 2 is 2.04 bits per heavy atom. The van der Waals surface area contributed by atoms with Crippen LogP contribution in [0.15, 0.2) is 42.9 Å². The number of rotatable bonds is 3. The fourth-order valence-electron chi connectivity index (χ4n) is 2.29. The van der Waals surface area contributed by atoms with Gasteiger partial charge in [0.2, 0.25) is 0 Å². The van der Waals surface area contributed by atoms with Gasteiger partial charge in [0, 0.05) is 29.4 Å². The van der Waals surface area contributed by atoms with E-state index in [0.717, 1.165) is 16.6 Å². The van der Waals surface area contributed by atoms with Crippen LogP contribution in [0.5, 0.6) is 0 Å². The number of aromatic nitrogens is 3. The first kappa shape index (κ1) is 14.8. The molecule has 23 heavy (non-hydrogen) atoms. The zero-order valence-electron chi connectivity index (χ0n) is 12.9. The molecule has 2 aromatic heterocycles. The number of nitrogen functional groups attached to an aromatic ring is 1. The molecule has 2 heterocycles. The van der Waals surface area contributed by atoms with E-state index in [4.69, 9.17) is 5.73 Å². The van der Waals surface area contributed by atoms with Gasteiger partial charge in [0.05, 0.1) is 5.52 Å². The minimum absolute atomic E-state index is 0.0743. The van der Waals surface area contributed by atoms with E-state index >= 15 is 0 Å². The van der Waals surface area contributed by atoms with Crippen molar-refractivity contribution in [2.75, 3.05) is 11.1 Å². The maximum absolute atomic E-state index is 12.2. The monoisotopic (exact) mass is 310 g/mol. The van der Waals surface area contributed by atoms with Crippen LogP contribution in [0.4, 0.5) is 22.1 Å². The number of fused-ring (bicyclic) bond motifs is 1. The highest BCUT2D eigenvalue weighted by Crippen LogP contribution is 2.23. The third-order valence-electron chi connectivity index (χ3n) is 3.28. The van der Waals surface area contributed by atoms with Crippen LogP contribution in [0, 0.1) is 0 Å². The second-order valence-electron chi connectivity index (χ2n) is 5.52. The highest BCUT2D eigenvalue weighted by Gasteiger charge is 2.10. The Kier molecular flexibility index (Phi) is 3.84. The minimum atomic E-state index is -0.154. The molecular weight excluding hydrogens is 292 g/mol. The second-order valence-corrected chi connectivity index (χ2v) is 5.52. The van der Waals surface area contributed by atoms with E-state index in [1.54, 1.807) is 16.8 Å². The lowest BCUT2D eigenvalue weighted by atomic mass is 10.2. The number of hydrogen-bond donors (Lipinski definition) is 3. The molecule has 0 radical (unpaired) electrons. The number of carbonyl (C=O) groups is 1. The SMILES string of the molecule is CC(C)NC(=O)n1ccc2ccc(Nc3cc(N)ncn3)cc21. The average molecular weight is 310 g/mol. The third kappa shape index (κ3) is 3.23. The average Bonchev–Trinajstić information content (AvgIpc) is 2.89. The Morgan fingerprint density at radius 3 is 2.78 bits per heavy atom. The molecule has 0 aliphatic rings. The van der Waals surface area contributed by atoms with Gasteiger partial charge in [-0.1, -0.05) is 6.07 Å². The lowest BCUT2D eigenvalue weighted by Gasteiger charge is -2.11. The van der Waals surface area contributed by atoms with E-state index in [1.807, 2.05) is 38.1 Å². The van der Waals surface area contributed by atoms with Crippen LogP contribution < -0.4 is 16.4 Å². The van der Waals surface area contributed by atoms with Crippen LogP contribution >= 0.6 is 0 Å². The quantitative estimate of drug-likeness (QED) is 0.691. The normalized spacial score (nSPS) is 10.9. The predicted molar refractivity (Wildman–Crippen MR) is 90.7 cm³/mol. The van der Waals surface area contributed by atoms with Crippen LogP contribution in [0.25, 0.3) is 10.9 Å². The van der Waals surface area contributed by atoms with Gasteiger partial charge in [-0.25, -0.2) is 14.8 Å². The third-order valence-corrected chi connectivity index (χ3v) is 3.28. The summed E-state index contributed by atoms with van der Waals surface area (Å²) < 4.78 is 1.59. The molecule has 0 aliphatic carbocycles.